The van der Waals surface area contributed by atoms with Crippen molar-refractivity contribution in [2.45, 2.75) is 50.8 Å². The number of hydrogen-bond acceptors (Lipinski definition) is 3. The van der Waals surface area contributed by atoms with Crippen LogP contribution in [0.5, 0.6) is 0 Å². The Kier molecular flexibility index (Phi) is 5.31. The van der Waals surface area contributed by atoms with Crippen molar-refractivity contribution in [3.63, 3.8) is 0 Å². The van der Waals surface area contributed by atoms with Crippen molar-refractivity contribution in [1.82, 2.24) is 9.78 Å². The predicted octanol–water partition coefficient (Wildman–Crippen LogP) is 3.34. The molecule has 2 rings (SSSR count). The number of thioether (sulfide) groups is 1. The van der Waals surface area contributed by atoms with Crippen molar-refractivity contribution in [3.8, 4) is 0 Å². The number of carbonyl (C=O) groups is 1. The molecule has 1 aliphatic carbocycles. The van der Waals surface area contributed by atoms with E-state index in [1.165, 1.54) is 32.1 Å². The Balaban J connectivity index is 1.78. The van der Waals surface area contributed by atoms with E-state index in [-0.39, 0.29) is 5.92 Å². The molecular formula is C14H22N2O2S. The van der Waals surface area contributed by atoms with E-state index >= 15 is 0 Å². The third-order valence-electron chi connectivity index (χ3n) is 3.65. The van der Waals surface area contributed by atoms with Crippen LogP contribution in [0.25, 0.3) is 0 Å². The van der Waals surface area contributed by atoms with E-state index in [4.69, 9.17) is 5.11 Å². The average molecular weight is 282 g/mol. The molecular weight excluding hydrogens is 260 g/mol. The van der Waals surface area contributed by atoms with Gasteiger partial charge in [-0.2, -0.15) is 16.9 Å². The molecule has 1 aromatic rings. The lowest BCUT2D eigenvalue weighted by Crippen LogP contribution is -2.13. The summed E-state index contributed by atoms with van der Waals surface area (Å²) >= 11 is 1.65. The third-order valence-corrected chi connectivity index (χ3v) is 4.89. The summed E-state index contributed by atoms with van der Waals surface area (Å²) in [7, 11) is 0. The maximum atomic E-state index is 10.7. The number of aliphatic carboxylic acids is 1. The quantitative estimate of drug-likeness (QED) is 0.869. The molecule has 1 saturated carbocycles. The fourth-order valence-corrected chi connectivity index (χ4v) is 3.39. The van der Waals surface area contributed by atoms with E-state index in [0.29, 0.717) is 11.8 Å². The molecule has 1 aromatic heterocycles. The van der Waals surface area contributed by atoms with Crippen molar-refractivity contribution >= 4 is 17.7 Å². The summed E-state index contributed by atoms with van der Waals surface area (Å²) < 4.78 is 2.11. The van der Waals surface area contributed by atoms with E-state index in [0.717, 1.165) is 11.4 Å². The van der Waals surface area contributed by atoms with Crippen LogP contribution in [0.2, 0.25) is 0 Å². The molecule has 1 N–H and O–H groups in total. The van der Waals surface area contributed by atoms with Gasteiger partial charge in [0.25, 0.3) is 0 Å². The Bertz CT molecular complexity index is 413. The molecule has 0 saturated heterocycles. The van der Waals surface area contributed by atoms with Gasteiger partial charge in [0.15, 0.2) is 0 Å². The first kappa shape index (κ1) is 14.4. The van der Waals surface area contributed by atoms with Gasteiger partial charge >= 0.3 is 5.97 Å². The van der Waals surface area contributed by atoms with Crippen LogP contribution < -0.4 is 0 Å². The largest absolute Gasteiger partial charge is 0.481 e. The fraction of sp³-hybridized carbons (Fsp3) is 0.714. The van der Waals surface area contributed by atoms with E-state index in [1.54, 1.807) is 18.7 Å². The summed E-state index contributed by atoms with van der Waals surface area (Å²) in [5.74, 6) is 0.439. The number of carboxylic acid groups (broad SMARTS) is 1. The smallest absolute Gasteiger partial charge is 0.307 e. The normalized spacial score (nSPS) is 18.4. The van der Waals surface area contributed by atoms with Gasteiger partial charge in [-0.05, 0) is 18.9 Å². The van der Waals surface area contributed by atoms with Crippen LogP contribution in [0.4, 0.5) is 0 Å². The van der Waals surface area contributed by atoms with E-state index in [1.807, 2.05) is 0 Å². The van der Waals surface area contributed by atoms with Gasteiger partial charge in [0.2, 0.25) is 0 Å². The molecule has 1 heterocycles. The number of carboxylic acids is 1. The maximum Gasteiger partial charge on any atom is 0.307 e. The molecule has 0 amide bonds. The lowest BCUT2D eigenvalue weighted by molar-refractivity contribution is -0.140. The van der Waals surface area contributed by atoms with Crippen LogP contribution in [0.3, 0.4) is 0 Å². The fourth-order valence-electron chi connectivity index (χ4n) is 2.41. The van der Waals surface area contributed by atoms with Crippen LogP contribution in [0.15, 0.2) is 12.3 Å². The van der Waals surface area contributed by atoms with Gasteiger partial charge < -0.3 is 5.11 Å². The van der Waals surface area contributed by atoms with Gasteiger partial charge in [-0.1, -0.05) is 26.2 Å². The number of aromatic nitrogens is 2. The molecule has 0 aliphatic heterocycles. The Morgan fingerprint density at radius 2 is 2.26 bits per heavy atom. The molecule has 1 aliphatic rings. The van der Waals surface area contributed by atoms with Crippen molar-refractivity contribution in [1.29, 1.82) is 0 Å². The van der Waals surface area contributed by atoms with Crippen molar-refractivity contribution < 1.29 is 9.90 Å². The highest BCUT2D eigenvalue weighted by Gasteiger charge is 2.16. The van der Waals surface area contributed by atoms with Crippen molar-refractivity contribution in [3.05, 3.63) is 18.0 Å². The topological polar surface area (TPSA) is 55.1 Å². The minimum absolute atomic E-state index is 0.287. The number of rotatable bonds is 6. The zero-order valence-electron chi connectivity index (χ0n) is 11.4. The molecule has 0 radical (unpaired) electrons. The van der Waals surface area contributed by atoms with Gasteiger partial charge in [0.1, 0.15) is 0 Å². The summed E-state index contributed by atoms with van der Waals surface area (Å²) in [5, 5.41) is 13.4. The Labute approximate surface area is 118 Å². The highest BCUT2D eigenvalue weighted by molar-refractivity contribution is 7.98. The second-order valence-electron chi connectivity index (χ2n) is 5.33. The third kappa shape index (κ3) is 4.27. The molecule has 1 fully saturated rings. The van der Waals surface area contributed by atoms with Gasteiger partial charge in [0, 0.05) is 17.7 Å². The second kappa shape index (κ2) is 6.98. The molecule has 0 spiro atoms. The van der Waals surface area contributed by atoms with Crippen molar-refractivity contribution in [2.24, 2.45) is 5.92 Å². The van der Waals surface area contributed by atoms with Crippen molar-refractivity contribution in [2.75, 3.05) is 5.75 Å². The van der Waals surface area contributed by atoms with Crippen LogP contribution in [-0.2, 0) is 10.5 Å². The molecule has 1 unspecified atom stereocenters. The van der Waals surface area contributed by atoms with E-state index in [9.17, 15) is 4.79 Å². The zero-order chi connectivity index (χ0) is 13.7. The summed E-state index contributed by atoms with van der Waals surface area (Å²) in [6.45, 7) is 1.75. The molecule has 4 nitrogen and oxygen atoms in total. The summed E-state index contributed by atoms with van der Waals surface area (Å²) in [6, 6.07) is 2.64. The molecule has 5 heteroatoms. The number of nitrogens with zero attached hydrogens (tertiary/aromatic N) is 2. The summed E-state index contributed by atoms with van der Waals surface area (Å²) in [4.78, 5) is 10.7. The predicted molar refractivity (Wildman–Crippen MR) is 77.3 cm³/mol. The van der Waals surface area contributed by atoms with Gasteiger partial charge in [-0.25, -0.2) is 0 Å². The number of hydrogen-bond donors (Lipinski definition) is 1. The SMILES string of the molecule is CC(CSCc1ccn(C2CCCCC2)n1)C(=O)O. The standard InChI is InChI=1S/C14H22N2O2S/c1-11(14(17)18)9-19-10-12-7-8-16(15-12)13-5-3-2-4-6-13/h7-8,11,13H,2-6,9-10H2,1H3,(H,17,18). The molecule has 0 aromatic carbocycles. The average Bonchev–Trinajstić information content (AvgIpc) is 2.88. The molecule has 106 valence electrons. The first-order valence-corrected chi connectivity index (χ1v) is 8.17. The van der Waals surface area contributed by atoms with Gasteiger partial charge in [-0.3, -0.25) is 9.48 Å². The molecule has 1 atom stereocenters. The van der Waals surface area contributed by atoms with Gasteiger partial charge in [0.05, 0.1) is 17.7 Å². The van der Waals surface area contributed by atoms with Gasteiger partial charge in [-0.15, -0.1) is 0 Å². The first-order valence-electron chi connectivity index (χ1n) is 7.01. The Morgan fingerprint density at radius 3 is 2.95 bits per heavy atom. The minimum atomic E-state index is -0.722. The second-order valence-corrected chi connectivity index (χ2v) is 6.36. The molecule has 19 heavy (non-hydrogen) atoms. The van der Waals surface area contributed by atoms with E-state index < -0.39 is 5.97 Å². The summed E-state index contributed by atoms with van der Waals surface area (Å²) in [6.07, 6.45) is 8.53. The Hall–Kier alpha value is -0.970. The van der Waals surface area contributed by atoms with Crippen LogP contribution in [0.1, 0.15) is 50.8 Å². The monoisotopic (exact) mass is 282 g/mol. The van der Waals surface area contributed by atoms with Crippen LogP contribution in [-0.4, -0.2) is 26.6 Å². The van der Waals surface area contributed by atoms with E-state index in [2.05, 4.69) is 22.0 Å². The minimum Gasteiger partial charge on any atom is -0.481 e. The highest BCUT2D eigenvalue weighted by Crippen LogP contribution is 2.27. The Morgan fingerprint density at radius 1 is 1.53 bits per heavy atom. The lowest BCUT2D eigenvalue weighted by atomic mass is 9.96. The van der Waals surface area contributed by atoms with Crippen LogP contribution >= 0.6 is 11.8 Å². The lowest BCUT2D eigenvalue weighted by Gasteiger charge is -2.21. The molecule has 0 bridgehead atoms. The van der Waals surface area contributed by atoms with Crippen LogP contribution in [0, 0.1) is 5.92 Å². The zero-order valence-corrected chi connectivity index (χ0v) is 12.2. The highest BCUT2D eigenvalue weighted by atomic mass is 32.2. The first-order chi connectivity index (χ1) is 9.16. The maximum absolute atomic E-state index is 10.7. The summed E-state index contributed by atoms with van der Waals surface area (Å²) in [5.41, 5.74) is 1.06.